The van der Waals surface area contributed by atoms with Gasteiger partial charge in [0.15, 0.2) is 5.96 Å². The molecular weight excluding hydrogens is 376 g/mol. The Morgan fingerprint density at radius 3 is 2.89 bits per heavy atom. The van der Waals surface area contributed by atoms with E-state index in [1.165, 1.54) is 5.56 Å². The van der Waals surface area contributed by atoms with E-state index in [2.05, 4.69) is 46.4 Å². The van der Waals surface area contributed by atoms with Crippen LogP contribution in [0.2, 0.25) is 5.02 Å². The molecule has 1 fully saturated rings. The maximum absolute atomic E-state index is 6.13. The third kappa shape index (κ3) is 5.86. The van der Waals surface area contributed by atoms with Crippen LogP contribution in [0.15, 0.2) is 47.5 Å². The summed E-state index contributed by atoms with van der Waals surface area (Å²) in [5.74, 6) is 0.961. The summed E-state index contributed by atoms with van der Waals surface area (Å²) in [6, 6.07) is 13.8. The maximum atomic E-state index is 6.13. The van der Waals surface area contributed by atoms with Crippen molar-refractivity contribution in [3.05, 3.63) is 58.6 Å². The van der Waals surface area contributed by atoms with Gasteiger partial charge in [-0.3, -0.25) is 4.90 Å². The zero-order chi connectivity index (χ0) is 19.9. The van der Waals surface area contributed by atoms with E-state index in [0.29, 0.717) is 29.4 Å². The molecule has 0 saturated carbocycles. The van der Waals surface area contributed by atoms with Crippen molar-refractivity contribution in [2.24, 2.45) is 10.7 Å². The van der Waals surface area contributed by atoms with Crippen LogP contribution in [-0.2, 0) is 17.8 Å². The summed E-state index contributed by atoms with van der Waals surface area (Å²) in [4.78, 5) is 6.85. The fraction of sp³-hybridized carbons (Fsp3) is 0.381. The Labute approximate surface area is 171 Å². The molecule has 1 saturated heterocycles. The van der Waals surface area contributed by atoms with Crippen LogP contribution < -0.4 is 15.8 Å². The lowest BCUT2D eigenvalue weighted by Gasteiger charge is -2.31. The number of nitrogens with two attached hydrogens (primary N) is 1. The standard InChI is InChI=1S/C21H27ClN4O2/c1-15-13-26(8-9-28-15)14-17-5-3-4-16(10-17)12-24-21(23)25-18-6-7-20(27-2)19(22)11-18/h3-7,10-11,15H,8-9,12-14H2,1-2H3,(H3,23,24,25). The normalized spacial score (nSPS) is 18.1. The number of hydrogen-bond donors (Lipinski definition) is 2. The molecule has 2 aromatic rings. The van der Waals surface area contributed by atoms with Crippen LogP contribution in [0.5, 0.6) is 5.75 Å². The molecule has 0 bridgehead atoms. The van der Waals surface area contributed by atoms with Crippen molar-refractivity contribution in [2.45, 2.75) is 26.1 Å². The second-order valence-corrected chi connectivity index (χ2v) is 7.32. The van der Waals surface area contributed by atoms with Gasteiger partial charge in [0.1, 0.15) is 5.75 Å². The summed E-state index contributed by atoms with van der Waals surface area (Å²) in [7, 11) is 1.58. The number of anilines is 1. The molecule has 7 heteroatoms. The Morgan fingerprint density at radius 2 is 2.14 bits per heavy atom. The molecule has 0 radical (unpaired) electrons. The van der Waals surface area contributed by atoms with Gasteiger partial charge < -0.3 is 20.5 Å². The lowest BCUT2D eigenvalue weighted by atomic mass is 10.1. The number of hydrogen-bond acceptors (Lipinski definition) is 4. The van der Waals surface area contributed by atoms with Crippen molar-refractivity contribution in [3.8, 4) is 5.75 Å². The van der Waals surface area contributed by atoms with Crippen molar-refractivity contribution in [2.75, 3.05) is 32.1 Å². The van der Waals surface area contributed by atoms with Crippen LogP contribution >= 0.6 is 11.6 Å². The molecule has 0 aliphatic carbocycles. The topological polar surface area (TPSA) is 72.1 Å². The monoisotopic (exact) mass is 402 g/mol. The number of ether oxygens (including phenoxy) is 2. The summed E-state index contributed by atoms with van der Waals surface area (Å²) in [6.45, 7) is 6.27. The molecule has 1 aliphatic rings. The predicted molar refractivity (Wildman–Crippen MR) is 114 cm³/mol. The lowest BCUT2D eigenvalue weighted by molar-refractivity contribution is -0.0212. The Balaban J connectivity index is 1.58. The number of aliphatic imine (C=N–C) groups is 1. The Hall–Kier alpha value is -2.28. The first-order valence-corrected chi connectivity index (χ1v) is 9.73. The largest absolute Gasteiger partial charge is 0.495 e. The minimum absolute atomic E-state index is 0.291. The van der Waals surface area contributed by atoms with Crippen molar-refractivity contribution < 1.29 is 9.47 Å². The molecule has 0 amide bonds. The maximum Gasteiger partial charge on any atom is 0.193 e. The van der Waals surface area contributed by atoms with Crippen molar-refractivity contribution in [1.82, 2.24) is 4.90 Å². The number of benzene rings is 2. The average Bonchev–Trinajstić information content (AvgIpc) is 2.67. The summed E-state index contributed by atoms with van der Waals surface area (Å²) in [6.07, 6.45) is 0.291. The predicted octanol–water partition coefficient (Wildman–Crippen LogP) is 3.50. The fourth-order valence-corrected chi connectivity index (χ4v) is 3.48. The number of guanidine groups is 1. The highest BCUT2D eigenvalue weighted by Gasteiger charge is 2.16. The van der Waals surface area contributed by atoms with Gasteiger partial charge in [-0.15, -0.1) is 0 Å². The first-order valence-electron chi connectivity index (χ1n) is 9.36. The zero-order valence-corrected chi connectivity index (χ0v) is 17.1. The highest BCUT2D eigenvalue weighted by molar-refractivity contribution is 6.32. The van der Waals surface area contributed by atoms with Crippen molar-refractivity contribution >= 4 is 23.2 Å². The first-order chi connectivity index (χ1) is 13.5. The number of nitrogens with zero attached hydrogens (tertiary/aromatic N) is 2. The summed E-state index contributed by atoms with van der Waals surface area (Å²) >= 11 is 6.13. The molecule has 3 rings (SSSR count). The van der Waals surface area contributed by atoms with Gasteiger partial charge in [0, 0.05) is 25.3 Å². The molecule has 6 nitrogen and oxygen atoms in total. The number of morpholine rings is 1. The molecule has 1 atom stereocenters. The van der Waals surface area contributed by atoms with Crippen LogP contribution in [0.3, 0.4) is 0 Å². The number of halogens is 1. The second-order valence-electron chi connectivity index (χ2n) is 6.91. The molecule has 3 N–H and O–H groups in total. The van der Waals surface area contributed by atoms with Gasteiger partial charge in [0.2, 0.25) is 0 Å². The second kappa shape index (κ2) is 9.78. The molecule has 0 aromatic heterocycles. The Bertz CT molecular complexity index is 828. The fourth-order valence-electron chi connectivity index (χ4n) is 3.23. The van der Waals surface area contributed by atoms with Crippen LogP contribution in [0.4, 0.5) is 5.69 Å². The van der Waals surface area contributed by atoms with E-state index in [0.717, 1.165) is 37.5 Å². The van der Waals surface area contributed by atoms with Crippen molar-refractivity contribution in [3.63, 3.8) is 0 Å². The van der Waals surface area contributed by atoms with Gasteiger partial charge in [0.05, 0.1) is 31.4 Å². The number of rotatable bonds is 6. The number of nitrogens with one attached hydrogen (secondary N) is 1. The van der Waals surface area contributed by atoms with Gasteiger partial charge in [-0.1, -0.05) is 35.9 Å². The molecule has 150 valence electrons. The summed E-state index contributed by atoms with van der Waals surface area (Å²) in [5, 5.41) is 3.57. The van der Waals surface area contributed by atoms with E-state index < -0.39 is 0 Å². The SMILES string of the molecule is COc1ccc(NC(N)=NCc2cccc(CN3CCOC(C)C3)c2)cc1Cl. The highest BCUT2D eigenvalue weighted by Crippen LogP contribution is 2.27. The molecule has 1 unspecified atom stereocenters. The highest BCUT2D eigenvalue weighted by atomic mass is 35.5. The molecule has 28 heavy (non-hydrogen) atoms. The van der Waals surface area contributed by atoms with E-state index in [1.807, 2.05) is 6.07 Å². The summed E-state index contributed by atoms with van der Waals surface area (Å²) < 4.78 is 10.8. The van der Waals surface area contributed by atoms with Crippen LogP contribution in [0, 0.1) is 0 Å². The molecule has 0 spiro atoms. The van der Waals surface area contributed by atoms with E-state index in [1.54, 1.807) is 19.2 Å². The average molecular weight is 403 g/mol. The zero-order valence-electron chi connectivity index (χ0n) is 16.3. The first kappa shape index (κ1) is 20.5. The van der Waals surface area contributed by atoms with Gasteiger partial charge >= 0.3 is 0 Å². The quantitative estimate of drug-likeness (QED) is 0.571. The van der Waals surface area contributed by atoms with Crippen LogP contribution in [0.25, 0.3) is 0 Å². The van der Waals surface area contributed by atoms with E-state index >= 15 is 0 Å². The van der Waals surface area contributed by atoms with E-state index in [9.17, 15) is 0 Å². The Kier molecular flexibility index (Phi) is 7.14. The molecule has 1 heterocycles. The lowest BCUT2D eigenvalue weighted by Crippen LogP contribution is -2.40. The van der Waals surface area contributed by atoms with Crippen LogP contribution in [0.1, 0.15) is 18.1 Å². The molecule has 2 aromatic carbocycles. The van der Waals surface area contributed by atoms with Crippen molar-refractivity contribution in [1.29, 1.82) is 0 Å². The van der Waals surface area contributed by atoms with E-state index in [-0.39, 0.29) is 0 Å². The van der Waals surface area contributed by atoms with E-state index in [4.69, 9.17) is 26.8 Å². The third-order valence-corrected chi connectivity index (χ3v) is 4.87. The van der Waals surface area contributed by atoms with Crippen LogP contribution in [-0.4, -0.2) is 43.8 Å². The smallest absolute Gasteiger partial charge is 0.193 e. The molecule has 1 aliphatic heterocycles. The number of methoxy groups -OCH3 is 1. The minimum Gasteiger partial charge on any atom is -0.495 e. The Morgan fingerprint density at radius 1 is 1.32 bits per heavy atom. The van der Waals surface area contributed by atoms with Gasteiger partial charge in [-0.2, -0.15) is 0 Å². The van der Waals surface area contributed by atoms with Gasteiger partial charge in [-0.25, -0.2) is 4.99 Å². The third-order valence-electron chi connectivity index (χ3n) is 4.58. The molecular formula is C21H27ClN4O2. The van der Waals surface area contributed by atoms with Gasteiger partial charge in [-0.05, 0) is 36.2 Å². The summed E-state index contributed by atoms with van der Waals surface area (Å²) in [5.41, 5.74) is 9.18. The van der Waals surface area contributed by atoms with Gasteiger partial charge in [0.25, 0.3) is 0 Å². The minimum atomic E-state index is 0.291.